The van der Waals surface area contributed by atoms with E-state index in [4.69, 9.17) is 4.74 Å². The van der Waals surface area contributed by atoms with Gasteiger partial charge < -0.3 is 4.74 Å². The molecule has 0 aliphatic carbocycles. The molecule has 2 heterocycles. The Bertz CT molecular complexity index is 390. The second-order valence-corrected chi connectivity index (χ2v) is 5.07. The molecule has 3 nitrogen and oxygen atoms in total. The van der Waals surface area contributed by atoms with Crippen molar-refractivity contribution in [2.24, 2.45) is 0 Å². The number of rotatable bonds is 3. The second-order valence-electron chi connectivity index (χ2n) is 5.07. The van der Waals surface area contributed by atoms with Gasteiger partial charge in [-0.3, -0.25) is 4.90 Å². The summed E-state index contributed by atoms with van der Waals surface area (Å²) in [6.07, 6.45) is 4.51. The van der Waals surface area contributed by atoms with E-state index in [0.717, 1.165) is 0 Å². The van der Waals surface area contributed by atoms with Crippen LogP contribution >= 0.6 is 0 Å². The third-order valence-electron chi connectivity index (χ3n) is 3.65. The van der Waals surface area contributed by atoms with Gasteiger partial charge in [-0.25, -0.2) is 4.98 Å². The fraction of sp³-hybridized carbons (Fsp3) is 0.643. The van der Waals surface area contributed by atoms with Crippen LogP contribution in [0.4, 0.5) is 0 Å². The summed E-state index contributed by atoms with van der Waals surface area (Å²) in [6, 6.07) is 3.17. The molecule has 0 N–H and O–H groups in total. The van der Waals surface area contributed by atoms with Crippen molar-refractivity contribution in [2.45, 2.75) is 45.7 Å². The van der Waals surface area contributed by atoms with Gasteiger partial charge in [0, 0.05) is 24.3 Å². The highest BCUT2D eigenvalue weighted by atomic mass is 16.5. The smallest absolute Gasteiger partial charge is 0.213 e. The lowest BCUT2D eigenvalue weighted by Crippen LogP contribution is -2.30. The van der Waals surface area contributed by atoms with Crippen LogP contribution in [0.1, 0.15) is 43.9 Å². The molecule has 0 aromatic carbocycles. The average Bonchev–Trinajstić information content (AvgIpc) is 2.77. The topological polar surface area (TPSA) is 25.4 Å². The first kappa shape index (κ1) is 12.4. The maximum atomic E-state index is 5.16. The van der Waals surface area contributed by atoms with Crippen LogP contribution in [0.5, 0.6) is 5.88 Å². The SMILES string of the molecule is COc1cc(C)c(C2CCCN2C(C)C)cn1. The zero-order chi connectivity index (χ0) is 12.4. The van der Waals surface area contributed by atoms with Crippen LogP contribution in [-0.2, 0) is 0 Å². The summed E-state index contributed by atoms with van der Waals surface area (Å²) >= 11 is 0. The Labute approximate surface area is 104 Å². The molecule has 3 heteroatoms. The number of pyridine rings is 1. The molecule has 1 aliphatic heterocycles. The number of nitrogens with zero attached hydrogens (tertiary/aromatic N) is 2. The highest BCUT2D eigenvalue weighted by molar-refractivity contribution is 5.31. The molecule has 17 heavy (non-hydrogen) atoms. The van der Waals surface area contributed by atoms with Crippen LogP contribution < -0.4 is 4.74 Å². The van der Waals surface area contributed by atoms with E-state index >= 15 is 0 Å². The lowest BCUT2D eigenvalue weighted by atomic mass is 10.0. The van der Waals surface area contributed by atoms with Gasteiger partial charge in [0.05, 0.1) is 7.11 Å². The van der Waals surface area contributed by atoms with Crippen molar-refractivity contribution in [1.29, 1.82) is 0 Å². The standard InChI is InChI=1S/C14H22N2O/c1-10(2)16-7-5-6-13(16)12-9-15-14(17-4)8-11(12)3/h8-10,13H,5-7H2,1-4H3. The molecule has 0 saturated carbocycles. The highest BCUT2D eigenvalue weighted by Crippen LogP contribution is 2.35. The van der Waals surface area contributed by atoms with Crippen molar-refractivity contribution >= 4 is 0 Å². The Hall–Kier alpha value is -1.09. The van der Waals surface area contributed by atoms with Gasteiger partial charge in [0.2, 0.25) is 5.88 Å². The van der Waals surface area contributed by atoms with Crippen molar-refractivity contribution in [3.05, 3.63) is 23.4 Å². The molecule has 0 bridgehead atoms. The Morgan fingerprint density at radius 1 is 1.47 bits per heavy atom. The number of ether oxygens (including phenoxy) is 1. The van der Waals surface area contributed by atoms with Crippen LogP contribution in [-0.4, -0.2) is 29.6 Å². The minimum absolute atomic E-state index is 0.536. The molecule has 1 aromatic rings. The Kier molecular flexibility index (Phi) is 3.67. The van der Waals surface area contributed by atoms with E-state index in [2.05, 4.69) is 30.7 Å². The summed E-state index contributed by atoms with van der Waals surface area (Å²) < 4.78 is 5.16. The summed E-state index contributed by atoms with van der Waals surface area (Å²) in [5.74, 6) is 0.709. The first-order valence-corrected chi connectivity index (χ1v) is 6.39. The van der Waals surface area contributed by atoms with Gasteiger partial charge in [0.15, 0.2) is 0 Å². The maximum absolute atomic E-state index is 5.16. The van der Waals surface area contributed by atoms with Gasteiger partial charge in [-0.15, -0.1) is 0 Å². The van der Waals surface area contributed by atoms with E-state index in [1.165, 1.54) is 30.5 Å². The Morgan fingerprint density at radius 2 is 2.24 bits per heavy atom. The Morgan fingerprint density at radius 3 is 2.82 bits per heavy atom. The van der Waals surface area contributed by atoms with Crippen molar-refractivity contribution in [1.82, 2.24) is 9.88 Å². The summed E-state index contributed by atoms with van der Waals surface area (Å²) in [6.45, 7) is 7.89. The molecule has 1 atom stereocenters. The Balaban J connectivity index is 2.27. The van der Waals surface area contributed by atoms with Crippen LogP contribution in [0.25, 0.3) is 0 Å². The molecule has 1 fully saturated rings. The predicted octanol–water partition coefficient (Wildman–Crippen LogP) is 2.94. The van der Waals surface area contributed by atoms with Gasteiger partial charge >= 0.3 is 0 Å². The number of hydrogen-bond acceptors (Lipinski definition) is 3. The van der Waals surface area contributed by atoms with Gasteiger partial charge in [0.25, 0.3) is 0 Å². The quantitative estimate of drug-likeness (QED) is 0.804. The summed E-state index contributed by atoms with van der Waals surface area (Å²) in [7, 11) is 1.66. The molecule has 2 rings (SSSR count). The van der Waals surface area contributed by atoms with Crippen LogP contribution in [0.15, 0.2) is 12.3 Å². The number of likely N-dealkylation sites (tertiary alicyclic amines) is 1. The van der Waals surface area contributed by atoms with E-state index in [1.54, 1.807) is 7.11 Å². The molecule has 1 aromatic heterocycles. The lowest BCUT2D eigenvalue weighted by molar-refractivity contribution is 0.204. The number of aryl methyl sites for hydroxylation is 1. The molecule has 94 valence electrons. The van der Waals surface area contributed by atoms with Crippen molar-refractivity contribution in [2.75, 3.05) is 13.7 Å². The van der Waals surface area contributed by atoms with Gasteiger partial charge in [-0.05, 0) is 51.3 Å². The van der Waals surface area contributed by atoms with Gasteiger partial charge in [-0.2, -0.15) is 0 Å². The van der Waals surface area contributed by atoms with Crippen molar-refractivity contribution in [3.8, 4) is 5.88 Å². The van der Waals surface area contributed by atoms with Crippen LogP contribution in [0.3, 0.4) is 0 Å². The fourth-order valence-electron chi connectivity index (χ4n) is 2.74. The zero-order valence-electron chi connectivity index (χ0n) is 11.2. The monoisotopic (exact) mass is 234 g/mol. The third-order valence-corrected chi connectivity index (χ3v) is 3.65. The van der Waals surface area contributed by atoms with Crippen molar-refractivity contribution in [3.63, 3.8) is 0 Å². The molecule has 0 spiro atoms. The lowest BCUT2D eigenvalue weighted by Gasteiger charge is -2.29. The largest absolute Gasteiger partial charge is 0.481 e. The number of methoxy groups -OCH3 is 1. The van der Waals surface area contributed by atoms with E-state index in [0.29, 0.717) is 18.0 Å². The second kappa shape index (κ2) is 5.05. The van der Waals surface area contributed by atoms with Gasteiger partial charge in [0.1, 0.15) is 0 Å². The maximum Gasteiger partial charge on any atom is 0.213 e. The van der Waals surface area contributed by atoms with Crippen LogP contribution in [0, 0.1) is 6.92 Å². The summed E-state index contributed by atoms with van der Waals surface area (Å²) in [5, 5.41) is 0. The summed E-state index contributed by atoms with van der Waals surface area (Å²) in [5.41, 5.74) is 2.64. The predicted molar refractivity (Wildman–Crippen MR) is 69.3 cm³/mol. The van der Waals surface area contributed by atoms with Crippen LogP contribution in [0.2, 0.25) is 0 Å². The molecule has 0 amide bonds. The molecular formula is C14H22N2O. The molecule has 1 aliphatic rings. The highest BCUT2D eigenvalue weighted by Gasteiger charge is 2.29. The van der Waals surface area contributed by atoms with Gasteiger partial charge in [-0.1, -0.05) is 0 Å². The van der Waals surface area contributed by atoms with Crippen molar-refractivity contribution < 1.29 is 4.74 Å². The first-order chi connectivity index (χ1) is 8.13. The zero-order valence-corrected chi connectivity index (χ0v) is 11.2. The summed E-state index contributed by atoms with van der Waals surface area (Å²) in [4.78, 5) is 6.91. The fourth-order valence-corrected chi connectivity index (χ4v) is 2.74. The van der Waals surface area contributed by atoms with E-state index < -0.39 is 0 Å². The third kappa shape index (κ3) is 2.44. The minimum atomic E-state index is 0.536. The molecule has 0 radical (unpaired) electrons. The minimum Gasteiger partial charge on any atom is -0.481 e. The van der Waals surface area contributed by atoms with E-state index in [9.17, 15) is 0 Å². The number of hydrogen-bond donors (Lipinski definition) is 0. The first-order valence-electron chi connectivity index (χ1n) is 6.39. The molecular weight excluding hydrogens is 212 g/mol. The van der Waals surface area contributed by atoms with E-state index in [1.807, 2.05) is 12.3 Å². The number of aromatic nitrogens is 1. The molecule has 1 saturated heterocycles. The average molecular weight is 234 g/mol. The normalized spacial score (nSPS) is 21.1. The molecule has 1 unspecified atom stereocenters. The van der Waals surface area contributed by atoms with E-state index in [-0.39, 0.29) is 0 Å².